The van der Waals surface area contributed by atoms with Crippen LogP contribution in [-0.4, -0.2) is 43.6 Å². The van der Waals surface area contributed by atoms with Gasteiger partial charge in [-0.05, 0) is 51.0 Å². The van der Waals surface area contributed by atoms with Crippen LogP contribution in [0.3, 0.4) is 0 Å². The molecular weight excluding hydrogens is 284 g/mol. The Labute approximate surface area is 130 Å². The molecule has 1 aliphatic heterocycles. The predicted octanol–water partition coefficient (Wildman–Crippen LogP) is 2.75. The largest absolute Gasteiger partial charge is 0.315 e. The molecule has 2 aliphatic rings. The Bertz CT molecular complexity index is 407. The van der Waals surface area contributed by atoms with Gasteiger partial charge in [-0.1, -0.05) is 26.7 Å². The molecule has 0 spiro atoms. The summed E-state index contributed by atoms with van der Waals surface area (Å²) in [7, 11) is -3.05. The summed E-state index contributed by atoms with van der Waals surface area (Å²) in [6.45, 7) is 5.91. The van der Waals surface area contributed by atoms with Gasteiger partial charge in [0.1, 0.15) is 0 Å². The molecule has 2 fully saturated rings. The number of hydrogen-bond acceptors (Lipinski definition) is 3. The van der Waals surface area contributed by atoms with Gasteiger partial charge in [-0.25, -0.2) is 8.42 Å². The monoisotopic (exact) mass is 316 g/mol. The molecule has 1 saturated heterocycles. The highest BCUT2D eigenvalue weighted by Gasteiger charge is 2.38. The number of unbranched alkanes of at least 4 members (excludes halogenated alkanes) is 1. The minimum absolute atomic E-state index is 0.311. The van der Waals surface area contributed by atoms with Crippen LogP contribution in [0.25, 0.3) is 0 Å². The summed E-state index contributed by atoms with van der Waals surface area (Å²) < 4.78 is 27.2. The van der Waals surface area contributed by atoms with Crippen LogP contribution in [0.1, 0.15) is 65.2 Å². The highest BCUT2D eigenvalue weighted by molar-refractivity contribution is 7.89. The van der Waals surface area contributed by atoms with E-state index in [-0.39, 0.29) is 0 Å². The van der Waals surface area contributed by atoms with Crippen LogP contribution < -0.4 is 5.32 Å². The first-order valence-electron chi connectivity index (χ1n) is 8.73. The molecule has 4 nitrogen and oxygen atoms in total. The van der Waals surface area contributed by atoms with E-state index in [4.69, 9.17) is 0 Å². The normalized spacial score (nSPS) is 27.8. The van der Waals surface area contributed by atoms with E-state index in [1.807, 2.05) is 4.31 Å². The van der Waals surface area contributed by atoms with Gasteiger partial charge >= 0.3 is 0 Å². The van der Waals surface area contributed by atoms with Gasteiger partial charge < -0.3 is 5.32 Å². The van der Waals surface area contributed by atoms with Gasteiger partial charge in [-0.3, -0.25) is 0 Å². The molecule has 2 rings (SSSR count). The van der Waals surface area contributed by atoms with Crippen LogP contribution >= 0.6 is 0 Å². The Morgan fingerprint density at radius 2 is 1.81 bits per heavy atom. The van der Waals surface area contributed by atoms with E-state index in [0.717, 1.165) is 38.8 Å². The summed E-state index contributed by atoms with van der Waals surface area (Å²) >= 11 is 0. The second-order valence-electron chi connectivity index (χ2n) is 7.00. The number of rotatable bonds is 7. The Morgan fingerprint density at radius 1 is 1.10 bits per heavy atom. The first kappa shape index (κ1) is 17.2. The number of hydrogen-bond donors (Lipinski definition) is 1. The summed E-state index contributed by atoms with van der Waals surface area (Å²) in [5, 5.41) is 3.35. The molecule has 5 heteroatoms. The number of piperidine rings is 1. The third kappa shape index (κ3) is 4.93. The molecule has 1 heterocycles. The predicted molar refractivity (Wildman–Crippen MR) is 87.8 cm³/mol. The third-order valence-corrected chi connectivity index (χ3v) is 6.90. The van der Waals surface area contributed by atoms with E-state index < -0.39 is 10.0 Å². The van der Waals surface area contributed by atoms with Crippen molar-refractivity contribution in [3.05, 3.63) is 0 Å². The van der Waals surface area contributed by atoms with Crippen molar-refractivity contribution in [1.29, 1.82) is 0 Å². The number of fused-ring (bicyclic) bond motifs is 1. The van der Waals surface area contributed by atoms with Crippen molar-refractivity contribution in [2.75, 3.05) is 18.8 Å². The average molecular weight is 317 g/mol. The Balaban J connectivity index is 1.83. The number of sulfonamides is 1. The standard InChI is InChI=1S/C16H32N2O2S/c1-14(2)17-11-5-6-13-21(19,20)18-12-7-9-15-8-3-4-10-16(15)18/h14-17H,3-13H2,1-2H3/t15-,16-/m1/s1. The number of nitrogens with one attached hydrogen (secondary N) is 1. The Kier molecular flexibility index (Phi) is 6.51. The summed E-state index contributed by atoms with van der Waals surface area (Å²) in [4.78, 5) is 0. The van der Waals surface area contributed by atoms with Gasteiger partial charge in [0.2, 0.25) is 10.0 Å². The lowest BCUT2D eigenvalue weighted by Crippen LogP contribution is -2.50. The molecule has 1 saturated carbocycles. The second-order valence-corrected chi connectivity index (χ2v) is 9.04. The van der Waals surface area contributed by atoms with Gasteiger partial charge in [0.25, 0.3) is 0 Å². The number of nitrogens with zero attached hydrogens (tertiary/aromatic N) is 1. The van der Waals surface area contributed by atoms with E-state index in [0.29, 0.717) is 23.8 Å². The molecule has 2 atom stereocenters. The van der Waals surface area contributed by atoms with Crippen molar-refractivity contribution < 1.29 is 8.42 Å². The van der Waals surface area contributed by atoms with Gasteiger partial charge in [-0.2, -0.15) is 4.31 Å². The molecule has 21 heavy (non-hydrogen) atoms. The summed E-state index contributed by atoms with van der Waals surface area (Å²) in [6.07, 6.45) is 8.80. The van der Waals surface area contributed by atoms with Crippen LogP contribution in [0.4, 0.5) is 0 Å². The van der Waals surface area contributed by atoms with Crippen molar-refractivity contribution in [3.8, 4) is 0 Å². The topological polar surface area (TPSA) is 49.4 Å². The minimum Gasteiger partial charge on any atom is -0.315 e. The maximum Gasteiger partial charge on any atom is 0.214 e. The molecule has 1 N–H and O–H groups in total. The van der Waals surface area contributed by atoms with Gasteiger partial charge in [0.05, 0.1) is 5.75 Å². The van der Waals surface area contributed by atoms with E-state index in [9.17, 15) is 8.42 Å². The average Bonchev–Trinajstić information content (AvgIpc) is 2.46. The van der Waals surface area contributed by atoms with E-state index in [1.54, 1.807) is 0 Å². The molecule has 0 aromatic carbocycles. The molecule has 0 unspecified atom stereocenters. The molecular formula is C16H32N2O2S. The first-order chi connectivity index (χ1) is 10.0. The van der Waals surface area contributed by atoms with Gasteiger partial charge in [0.15, 0.2) is 0 Å². The summed E-state index contributed by atoms with van der Waals surface area (Å²) in [5.41, 5.74) is 0. The molecule has 0 radical (unpaired) electrons. The van der Waals surface area contributed by atoms with E-state index in [1.165, 1.54) is 25.7 Å². The van der Waals surface area contributed by atoms with Gasteiger partial charge in [-0.15, -0.1) is 0 Å². The van der Waals surface area contributed by atoms with Crippen LogP contribution in [0.2, 0.25) is 0 Å². The van der Waals surface area contributed by atoms with Crippen molar-refractivity contribution in [1.82, 2.24) is 9.62 Å². The minimum atomic E-state index is -3.05. The second kappa shape index (κ2) is 7.93. The van der Waals surface area contributed by atoms with E-state index in [2.05, 4.69) is 19.2 Å². The van der Waals surface area contributed by atoms with Crippen molar-refractivity contribution >= 4 is 10.0 Å². The quantitative estimate of drug-likeness (QED) is 0.735. The Hall–Kier alpha value is -0.130. The van der Waals surface area contributed by atoms with Crippen molar-refractivity contribution in [2.45, 2.75) is 77.3 Å². The molecule has 0 amide bonds. The fourth-order valence-corrected chi connectivity index (χ4v) is 5.74. The highest BCUT2D eigenvalue weighted by Crippen LogP contribution is 2.36. The zero-order chi connectivity index (χ0) is 15.3. The third-order valence-electron chi connectivity index (χ3n) is 4.93. The Morgan fingerprint density at radius 3 is 2.57 bits per heavy atom. The zero-order valence-electron chi connectivity index (χ0n) is 13.7. The lowest BCUT2D eigenvalue weighted by molar-refractivity contribution is 0.129. The van der Waals surface area contributed by atoms with Crippen LogP contribution in [-0.2, 0) is 10.0 Å². The van der Waals surface area contributed by atoms with Crippen molar-refractivity contribution in [2.24, 2.45) is 5.92 Å². The smallest absolute Gasteiger partial charge is 0.214 e. The van der Waals surface area contributed by atoms with Crippen molar-refractivity contribution in [3.63, 3.8) is 0 Å². The maximum absolute atomic E-state index is 12.6. The lowest BCUT2D eigenvalue weighted by Gasteiger charge is -2.43. The summed E-state index contributed by atoms with van der Waals surface area (Å²) in [6, 6.07) is 0.790. The highest BCUT2D eigenvalue weighted by atomic mass is 32.2. The van der Waals surface area contributed by atoms with E-state index >= 15 is 0 Å². The van der Waals surface area contributed by atoms with Crippen LogP contribution in [0.15, 0.2) is 0 Å². The molecule has 0 aromatic rings. The first-order valence-corrected chi connectivity index (χ1v) is 10.3. The summed E-state index contributed by atoms with van der Waals surface area (Å²) in [5.74, 6) is 0.959. The zero-order valence-corrected chi connectivity index (χ0v) is 14.5. The molecule has 0 bridgehead atoms. The fourth-order valence-electron chi connectivity index (χ4n) is 3.84. The lowest BCUT2D eigenvalue weighted by atomic mass is 9.79. The van der Waals surface area contributed by atoms with Crippen LogP contribution in [0.5, 0.6) is 0 Å². The molecule has 0 aromatic heterocycles. The van der Waals surface area contributed by atoms with Crippen LogP contribution in [0, 0.1) is 5.92 Å². The maximum atomic E-state index is 12.6. The molecule has 124 valence electrons. The molecule has 1 aliphatic carbocycles. The van der Waals surface area contributed by atoms with Gasteiger partial charge in [0, 0.05) is 18.6 Å². The fraction of sp³-hybridized carbons (Fsp3) is 1.00. The SMILES string of the molecule is CC(C)NCCCCS(=O)(=O)N1CCC[C@H]2CCCC[C@H]21.